The molecule has 0 fully saturated rings. The Balaban J connectivity index is 1.52. The lowest BCUT2D eigenvalue weighted by Gasteiger charge is -2.16. The Hall–Kier alpha value is -5.87. The summed E-state index contributed by atoms with van der Waals surface area (Å²) >= 11 is 0. The van der Waals surface area contributed by atoms with Crippen molar-refractivity contribution in [3.05, 3.63) is 155 Å². The monoisotopic (exact) mass is 666 g/mol. The maximum Gasteiger partial charge on any atom is 0.524 e. The van der Waals surface area contributed by atoms with Gasteiger partial charge in [-0.3, -0.25) is 14.6 Å². The zero-order valence-corrected chi connectivity index (χ0v) is 25.9. The highest BCUT2D eigenvalue weighted by atomic mass is 31.2. The van der Waals surface area contributed by atoms with Crippen LogP contribution in [-0.2, 0) is 11.0 Å². The molecular weight excluding hydrogens is 639 g/mol. The van der Waals surface area contributed by atoms with Crippen molar-refractivity contribution in [1.29, 1.82) is 0 Å². The number of phosphoric ester groups is 1. The predicted molar refractivity (Wildman–Crippen MR) is 172 cm³/mol. The Labute approximate surface area is 274 Å². The number of Topliss-reactive ketones (excluding diaryl/α,β-unsaturated/α-hetero) is 1. The minimum absolute atomic E-state index is 0.0655. The highest BCUT2D eigenvalue weighted by Gasteiger charge is 2.26. The topological polar surface area (TPSA) is 163 Å². The van der Waals surface area contributed by atoms with E-state index in [0.717, 1.165) is 0 Å². The van der Waals surface area contributed by atoms with Gasteiger partial charge in [0.15, 0.2) is 5.78 Å². The van der Waals surface area contributed by atoms with Crippen molar-refractivity contribution in [2.24, 2.45) is 0 Å². The summed E-state index contributed by atoms with van der Waals surface area (Å²) in [5, 5.41) is 0. The smallest absolute Gasteiger partial charge is 0.423 e. The molecule has 242 valence electrons. The van der Waals surface area contributed by atoms with E-state index in [9.17, 15) is 23.7 Å². The first kappa shape index (κ1) is 33.5. The van der Waals surface area contributed by atoms with Gasteiger partial charge in [-0.25, -0.2) is 18.9 Å². The number of benzene rings is 5. The van der Waals surface area contributed by atoms with Crippen molar-refractivity contribution in [2.75, 3.05) is 0 Å². The van der Waals surface area contributed by atoms with E-state index < -0.39 is 31.5 Å². The molecule has 0 aromatic heterocycles. The Bertz CT molecular complexity index is 1900. The summed E-state index contributed by atoms with van der Waals surface area (Å²) in [4.78, 5) is 71.3. The fraction of sp³-hybridized carbons (Fsp3) is 0.0556. The highest BCUT2D eigenvalue weighted by Crippen LogP contribution is 2.38. The van der Waals surface area contributed by atoms with E-state index in [4.69, 9.17) is 24.0 Å². The molecule has 11 nitrogen and oxygen atoms in total. The third-order valence-electron chi connectivity index (χ3n) is 6.75. The van der Waals surface area contributed by atoms with Crippen LogP contribution in [0.5, 0.6) is 23.0 Å². The van der Waals surface area contributed by atoms with Gasteiger partial charge in [-0.1, -0.05) is 66.7 Å². The fourth-order valence-corrected chi connectivity index (χ4v) is 4.90. The number of carbonyl (C=O) groups excluding carboxylic acids is 4. The SMILES string of the molecule is O=C(Oc1cc(OC(=O)c2ccccc2)c(C(=O)CCc2ccc(OP(=O)(O)O)cc2)c(OC(=O)c2ccccc2)c1)c1ccccc1. The number of hydrogen-bond acceptors (Lipinski definition) is 9. The van der Waals surface area contributed by atoms with Crippen LogP contribution in [0.3, 0.4) is 0 Å². The van der Waals surface area contributed by atoms with Crippen LogP contribution in [0, 0.1) is 0 Å². The molecule has 0 bridgehead atoms. The van der Waals surface area contributed by atoms with E-state index in [1.807, 2.05) is 0 Å². The van der Waals surface area contributed by atoms with Gasteiger partial charge in [0.1, 0.15) is 28.6 Å². The van der Waals surface area contributed by atoms with Crippen LogP contribution in [0.15, 0.2) is 127 Å². The number of aryl methyl sites for hydroxylation is 1. The standard InChI is InChI=1S/C36H27O11P/c37-30(21-18-24-16-19-28(20-17-24)47-48(41,42)43)33-31(45-35(39)26-12-6-2-7-13-26)22-29(44-34(38)25-10-4-1-5-11-25)23-32(33)46-36(40)27-14-8-3-9-15-27/h1-17,19-20,22-23H,18,21H2,(H2,41,42,43). The molecule has 0 atom stereocenters. The van der Waals surface area contributed by atoms with Crippen LogP contribution in [0.2, 0.25) is 0 Å². The number of esters is 3. The molecule has 5 aromatic carbocycles. The van der Waals surface area contributed by atoms with E-state index >= 15 is 0 Å². The molecule has 0 amide bonds. The van der Waals surface area contributed by atoms with Crippen molar-refractivity contribution in [3.8, 4) is 23.0 Å². The lowest BCUT2D eigenvalue weighted by Crippen LogP contribution is -2.17. The maximum atomic E-state index is 13.9. The Morgan fingerprint density at radius 2 is 0.958 bits per heavy atom. The highest BCUT2D eigenvalue weighted by molar-refractivity contribution is 7.46. The van der Waals surface area contributed by atoms with Crippen LogP contribution in [0.25, 0.3) is 0 Å². The zero-order valence-electron chi connectivity index (χ0n) is 25.1. The Morgan fingerprint density at radius 3 is 1.38 bits per heavy atom. The van der Waals surface area contributed by atoms with Crippen LogP contribution in [0.1, 0.15) is 53.4 Å². The van der Waals surface area contributed by atoms with Gasteiger partial charge in [-0.2, -0.15) is 0 Å². The molecule has 0 aliphatic rings. The summed E-state index contributed by atoms with van der Waals surface area (Å²) in [5.41, 5.74) is 0.927. The van der Waals surface area contributed by atoms with Crippen molar-refractivity contribution >= 4 is 31.5 Å². The van der Waals surface area contributed by atoms with Gasteiger partial charge in [-0.15, -0.1) is 0 Å². The summed E-state index contributed by atoms with van der Waals surface area (Å²) in [6.07, 6.45) is -0.0362. The lowest BCUT2D eigenvalue weighted by molar-refractivity contribution is 0.0726. The van der Waals surface area contributed by atoms with E-state index in [-0.39, 0.29) is 58.1 Å². The lowest BCUT2D eigenvalue weighted by atomic mass is 10.0. The molecule has 0 aliphatic heterocycles. The second-order valence-corrected chi connectivity index (χ2v) is 11.4. The van der Waals surface area contributed by atoms with Crippen molar-refractivity contribution in [3.63, 3.8) is 0 Å². The van der Waals surface area contributed by atoms with Crippen LogP contribution in [-0.4, -0.2) is 33.5 Å². The normalized spacial score (nSPS) is 10.9. The Morgan fingerprint density at radius 1 is 0.542 bits per heavy atom. The minimum atomic E-state index is -4.75. The first-order valence-electron chi connectivity index (χ1n) is 14.4. The van der Waals surface area contributed by atoms with Gasteiger partial charge < -0.3 is 18.7 Å². The molecule has 48 heavy (non-hydrogen) atoms. The molecule has 12 heteroatoms. The third kappa shape index (κ3) is 9.11. The summed E-state index contributed by atoms with van der Waals surface area (Å²) < 4.78 is 32.6. The van der Waals surface area contributed by atoms with Crippen LogP contribution >= 0.6 is 7.82 Å². The number of ketones is 1. The fourth-order valence-electron chi connectivity index (χ4n) is 4.50. The first-order valence-corrected chi connectivity index (χ1v) is 16.0. The molecular formula is C36H27O11P. The maximum absolute atomic E-state index is 13.9. The molecule has 5 rings (SSSR count). The molecule has 0 heterocycles. The second kappa shape index (κ2) is 15.1. The van der Waals surface area contributed by atoms with Crippen molar-refractivity contribution in [2.45, 2.75) is 12.8 Å². The molecule has 0 aliphatic carbocycles. The van der Waals surface area contributed by atoms with Crippen molar-refractivity contribution < 1.29 is 52.3 Å². The largest absolute Gasteiger partial charge is 0.524 e. The number of ether oxygens (including phenoxy) is 3. The van der Waals surface area contributed by atoms with E-state index in [1.165, 1.54) is 72.8 Å². The minimum Gasteiger partial charge on any atom is -0.423 e. The number of hydrogen-bond donors (Lipinski definition) is 2. The molecule has 0 saturated heterocycles. The van der Waals surface area contributed by atoms with E-state index in [1.54, 1.807) is 54.6 Å². The van der Waals surface area contributed by atoms with Gasteiger partial charge in [0.05, 0.1) is 16.7 Å². The molecule has 0 saturated carbocycles. The van der Waals surface area contributed by atoms with Crippen molar-refractivity contribution in [1.82, 2.24) is 0 Å². The molecule has 0 radical (unpaired) electrons. The number of phosphoric acid groups is 1. The predicted octanol–water partition coefficient (Wildman–Crippen LogP) is 6.63. The molecule has 0 spiro atoms. The summed E-state index contributed by atoms with van der Waals surface area (Å²) in [6, 6.07) is 32.2. The summed E-state index contributed by atoms with van der Waals surface area (Å²) in [7, 11) is -4.75. The van der Waals surface area contributed by atoms with Gasteiger partial charge in [0.2, 0.25) is 0 Å². The summed E-state index contributed by atoms with van der Waals surface area (Å²) in [5.74, 6) is -3.83. The summed E-state index contributed by atoms with van der Waals surface area (Å²) in [6.45, 7) is 0. The zero-order chi connectivity index (χ0) is 34.1. The van der Waals surface area contributed by atoms with Gasteiger partial charge in [0.25, 0.3) is 0 Å². The number of carbonyl (C=O) groups is 4. The van der Waals surface area contributed by atoms with E-state index in [0.29, 0.717) is 5.56 Å². The average Bonchev–Trinajstić information content (AvgIpc) is 3.08. The quantitative estimate of drug-likeness (QED) is 0.0636. The number of rotatable bonds is 12. The second-order valence-electron chi connectivity index (χ2n) is 10.2. The molecule has 5 aromatic rings. The van der Waals surface area contributed by atoms with Gasteiger partial charge in [0, 0.05) is 18.6 Å². The third-order valence-corrected chi connectivity index (χ3v) is 7.20. The molecule has 0 unspecified atom stereocenters. The Kier molecular flexibility index (Phi) is 10.6. The first-order chi connectivity index (χ1) is 23.1. The van der Waals surface area contributed by atoms with Gasteiger partial charge in [-0.05, 0) is 60.5 Å². The average molecular weight is 667 g/mol. The van der Waals surface area contributed by atoms with Crippen LogP contribution in [0.4, 0.5) is 0 Å². The molecule has 2 N–H and O–H groups in total. The van der Waals surface area contributed by atoms with E-state index in [2.05, 4.69) is 4.52 Å². The van der Waals surface area contributed by atoms with Gasteiger partial charge >= 0.3 is 25.7 Å². The van der Waals surface area contributed by atoms with Crippen LogP contribution < -0.4 is 18.7 Å².